The van der Waals surface area contributed by atoms with Crippen molar-refractivity contribution in [1.82, 2.24) is 0 Å². The third-order valence-corrected chi connectivity index (χ3v) is 2.50. The average molecular weight is 222 g/mol. The Balaban J connectivity index is 3.26. The van der Waals surface area contributed by atoms with E-state index in [0.717, 1.165) is 11.1 Å². The first-order chi connectivity index (χ1) is 7.43. The second-order valence-corrected chi connectivity index (χ2v) is 4.44. The third kappa shape index (κ3) is 2.75. The Labute approximate surface area is 96.1 Å². The minimum Gasteiger partial charge on any atom is -0.449 e. The van der Waals surface area contributed by atoms with Crippen molar-refractivity contribution < 1.29 is 14.6 Å². The fraction of sp³-hybridized carbons (Fsp3) is 0.462. The van der Waals surface area contributed by atoms with Gasteiger partial charge in [-0.2, -0.15) is 0 Å². The smallest absolute Gasteiger partial charge is 0.449 e. The Hall–Kier alpha value is -1.51. The van der Waals surface area contributed by atoms with Crippen molar-refractivity contribution in [3.05, 3.63) is 29.3 Å². The number of hydrogen-bond acceptors (Lipinski definition) is 2. The van der Waals surface area contributed by atoms with Gasteiger partial charge in [-0.15, -0.1) is 0 Å². The molecule has 0 spiro atoms. The molecule has 88 valence electrons. The molecule has 0 bridgehead atoms. The molecule has 0 aromatic heterocycles. The Kier molecular flexibility index (Phi) is 3.93. The summed E-state index contributed by atoms with van der Waals surface area (Å²) < 4.78 is 4.81. The fourth-order valence-corrected chi connectivity index (χ4v) is 1.87. The number of hydrogen-bond donors (Lipinski definition) is 1. The summed E-state index contributed by atoms with van der Waals surface area (Å²) in [6, 6.07) is 5.56. The lowest BCUT2D eigenvalue weighted by atomic mass is 9.90. The third-order valence-electron chi connectivity index (χ3n) is 2.50. The van der Waals surface area contributed by atoms with E-state index in [4.69, 9.17) is 9.84 Å². The van der Waals surface area contributed by atoms with Crippen LogP contribution in [0.1, 0.15) is 50.7 Å². The molecular weight excluding hydrogens is 204 g/mol. The van der Waals surface area contributed by atoms with Crippen molar-refractivity contribution in [3.63, 3.8) is 0 Å². The topological polar surface area (TPSA) is 46.5 Å². The Bertz CT molecular complexity index is 381. The van der Waals surface area contributed by atoms with Gasteiger partial charge < -0.3 is 9.84 Å². The Morgan fingerprint density at radius 2 is 1.81 bits per heavy atom. The SMILES string of the molecule is CC(C)c1cccc(OC(=O)O)c1C(C)C. The summed E-state index contributed by atoms with van der Waals surface area (Å²) in [6.07, 6.45) is -1.26. The van der Waals surface area contributed by atoms with Crippen LogP contribution in [-0.4, -0.2) is 11.3 Å². The fourth-order valence-electron chi connectivity index (χ4n) is 1.87. The minimum atomic E-state index is -1.26. The van der Waals surface area contributed by atoms with E-state index >= 15 is 0 Å². The van der Waals surface area contributed by atoms with Crippen LogP contribution in [0.5, 0.6) is 5.75 Å². The van der Waals surface area contributed by atoms with E-state index in [1.54, 1.807) is 6.07 Å². The molecule has 0 aliphatic rings. The summed E-state index contributed by atoms with van der Waals surface area (Å²) in [7, 11) is 0. The molecule has 3 nitrogen and oxygen atoms in total. The molecule has 0 aliphatic carbocycles. The quantitative estimate of drug-likeness (QED) is 0.621. The highest BCUT2D eigenvalue weighted by molar-refractivity contribution is 5.63. The van der Waals surface area contributed by atoms with E-state index in [9.17, 15) is 4.79 Å². The van der Waals surface area contributed by atoms with Crippen LogP contribution in [0.25, 0.3) is 0 Å². The largest absolute Gasteiger partial charge is 0.511 e. The van der Waals surface area contributed by atoms with E-state index in [1.807, 2.05) is 26.0 Å². The highest BCUT2D eigenvalue weighted by Gasteiger charge is 2.16. The van der Waals surface area contributed by atoms with Crippen molar-refractivity contribution in [2.45, 2.75) is 39.5 Å². The van der Waals surface area contributed by atoms with Gasteiger partial charge in [-0.05, 0) is 23.5 Å². The molecule has 0 fully saturated rings. The molecule has 0 radical (unpaired) electrons. The first kappa shape index (κ1) is 12.6. The molecule has 16 heavy (non-hydrogen) atoms. The molecule has 0 saturated heterocycles. The summed E-state index contributed by atoms with van der Waals surface area (Å²) >= 11 is 0. The van der Waals surface area contributed by atoms with E-state index < -0.39 is 6.16 Å². The normalized spacial score (nSPS) is 10.9. The van der Waals surface area contributed by atoms with Crippen LogP contribution in [0, 0.1) is 0 Å². The van der Waals surface area contributed by atoms with Crippen LogP contribution in [0.15, 0.2) is 18.2 Å². The molecular formula is C13H18O3. The van der Waals surface area contributed by atoms with Crippen LogP contribution in [0.3, 0.4) is 0 Å². The summed E-state index contributed by atoms with van der Waals surface area (Å²) in [4.78, 5) is 10.6. The van der Waals surface area contributed by atoms with Crippen LogP contribution in [-0.2, 0) is 0 Å². The molecule has 0 aliphatic heterocycles. The highest BCUT2D eigenvalue weighted by atomic mass is 16.7. The van der Waals surface area contributed by atoms with Gasteiger partial charge in [0.05, 0.1) is 0 Å². The Morgan fingerprint density at radius 1 is 1.19 bits per heavy atom. The summed E-state index contributed by atoms with van der Waals surface area (Å²) in [6.45, 7) is 8.25. The van der Waals surface area contributed by atoms with Crippen LogP contribution >= 0.6 is 0 Å². The predicted octanol–water partition coefficient (Wildman–Crippen LogP) is 3.99. The molecule has 1 aromatic rings. The van der Waals surface area contributed by atoms with Gasteiger partial charge in [0.15, 0.2) is 0 Å². The van der Waals surface area contributed by atoms with Crippen molar-refractivity contribution in [2.24, 2.45) is 0 Å². The van der Waals surface area contributed by atoms with E-state index in [2.05, 4.69) is 13.8 Å². The van der Waals surface area contributed by atoms with Crippen molar-refractivity contribution in [2.75, 3.05) is 0 Å². The van der Waals surface area contributed by atoms with Crippen LogP contribution < -0.4 is 4.74 Å². The van der Waals surface area contributed by atoms with E-state index in [-0.39, 0.29) is 5.92 Å². The molecule has 3 heteroatoms. The zero-order valence-corrected chi connectivity index (χ0v) is 10.2. The molecule has 1 aromatic carbocycles. The number of rotatable bonds is 3. The minimum absolute atomic E-state index is 0.243. The van der Waals surface area contributed by atoms with Crippen molar-refractivity contribution in [1.29, 1.82) is 0 Å². The van der Waals surface area contributed by atoms with Gasteiger partial charge in [-0.25, -0.2) is 4.79 Å². The zero-order chi connectivity index (χ0) is 12.3. The van der Waals surface area contributed by atoms with Gasteiger partial charge in [0.1, 0.15) is 5.75 Å². The molecule has 0 unspecified atom stereocenters. The molecule has 1 N–H and O–H groups in total. The van der Waals surface area contributed by atoms with Crippen molar-refractivity contribution >= 4 is 6.16 Å². The van der Waals surface area contributed by atoms with Gasteiger partial charge in [-0.1, -0.05) is 39.8 Å². The number of carboxylic acid groups (broad SMARTS) is 1. The van der Waals surface area contributed by atoms with E-state index in [1.165, 1.54) is 0 Å². The summed E-state index contributed by atoms with van der Waals surface area (Å²) in [5.74, 6) is 1.05. The summed E-state index contributed by atoms with van der Waals surface area (Å²) in [5, 5.41) is 8.68. The van der Waals surface area contributed by atoms with Gasteiger partial charge in [0, 0.05) is 5.56 Å². The van der Waals surface area contributed by atoms with Crippen LogP contribution in [0.4, 0.5) is 4.79 Å². The molecule has 0 heterocycles. The maximum absolute atomic E-state index is 10.6. The number of benzene rings is 1. The maximum atomic E-state index is 10.6. The second kappa shape index (κ2) is 5.01. The Morgan fingerprint density at radius 3 is 2.25 bits per heavy atom. The lowest BCUT2D eigenvalue weighted by molar-refractivity contribution is 0.144. The zero-order valence-electron chi connectivity index (χ0n) is 10.2. The first-order valence-electron chi connectivity index (χ1n) is 5.47. The standard InChI is InChI=1S/C13H18O3/c1-8(2)10-6-5-7-11(16-13(14)15)12(10)9(3)4/h5-9H,1-4H3,(H,14,15). The lowest BCUT2D eigenvalue weighted by Crippen LogP contribution is -2.08. The highest BCUT2D eigenvalue weighted by Crippen LogP contribution is 2.33. The van der Waals surface area contributed by atoms with Gasteiger partial charge in [-0.3, -0.25) is 0 Å². The average Bonchev–Trinajstić information content (AvgIpc) is 2.15. The predicted molar refractivity (Wildman–Crippen MR) is 63.3 cm³/mol. The summed E-state index contributed by atoms with van der Waals surface area (Å²) in [5.41, 5.74) is 2.13. The second-order valence-electron chi connectivity index (χ2n) is 4.44. The lowest BCUT2D eigenvalue weighted by Gasteiger charge is -2.18. The molecule has 0 atom stereocenters. The van der Waals surface area contributed by atoms with Gasteiger partial charge in [0.25, 0.3) is 0 Å². The number of ether oxygens (including phenoxy) is 1. The van der Waals surface area contributed by atoms with E-state index in [0.29, 0.717) is 11.7 Å². The van der Waals surface area contributed by atoms with Crippen LogP contribution in [0.2, 0.25) is 0 Å². The van der Waals surface area contributed by atoms with Crippen molar-refractivity contribution in [3.8, 4) is 5.75 Å². The monoisotopic (exact) mass is 222 g/mol. The molecule has 1 rings (SSSR count). The number of carbonyl (C=O) groups is 1. The van der Waals surface area contributed by atoms with Gasteiger partial charge in [0.2, 0.25) is 0 Å². The first-order valence-corrected chi connectivity index (χ1v) is 5.47. The molecule has 0 amide bonds. The van der Waals surface area contributed by atoms with Gasteiger partial charge >= 0.3 is 6.16 Å². The maximum Gasteiger partial charge on any atom is 0.511 e. The molecule has 0 saturated carbocycles.